The highest BCUT2D eigenvalue weighted by atomic mass is 16.5. The standard InChI is InChI=1S/C28H31N4O/c1-16-12-13-17-10-9-11-19-22(17)21(16)23-20(33-19)14-18(15-32(23)8)24-29-25(27(2,3)4)31-26(30-24)28(5,6)7/h9-15H,1-8H3/q+1. The second-order valence-corrected chi connectivity index (χ2v) is 11.1. The van der Waals surface area contributed by atoms with Crippen LogP contribution in [0, 0.1) is 6.92 Å². The van der Waals surface area contributed by atoms with Gasteiger partial charge in [-0.15, -0.1) is 0 Å². The monoisotopic (exact) mass is 439 g/mol. The molecule has 5 nitrogen and oxygen atoms in total. The van der Waals surface area contributed by atoms with Gasteiger partial charge in [-0.05, 0) is 23.9 Å². The maximum absolute atomic E-state index is 6.45. The van der Waals surface area contributed by atoms with Crippen LogP contribution in [-0.2, 0) is 17.9 Å². The van der Waals surface area contributed by atoms with Crippen LogP contribution in [-0.4, -0.2) is 15.0 Å². The van der Waals surface area contributed by atoms with Crippen molar-refractivity contribution >= 4 is 10.8 Å². The number of aryl methyl sites for hydroxylation is 2. The van der Waals surface area contributed by atoms with E-state index in [2.05, 4.69) is 90.5 Å². The molecule has 5 heteroatoms. The molecule has 0 spiro atoms. The Morgan fingerprint density at radius 3 is 2.12 bits per heavy atom. The number of hydrogen-bond donors (Lipinski definition) is 0. The van der Waals surface area contributed by atoms with Crippen LogP contribution in [0.2, 0.25) is 0 Å². The Balaban J connectivity index is 1.75. The fourth-order valence-electron chi connectivity index (χ4n) is 4.33. The van der Waals surface area contributed by atoms with Gasteiger partial charge in [0.25, 0.3) is 5.69 Å². The van der Waals surface area contributed by atoms with Gasteiger partial charge < -0.3 is 4.74 Å². The summed E-state index contributed by atoms with van der Waals surface area (Å²) in [4.78, 5) is 14.6. The summed E-state index contributed by atoms with van der Waals surface area (Å²) in [7, 11) is 2.06. The summed E-state index contributed by atoms with van der Waals surface area (Å²) >= 11 is 0. The average molecular weight is 440 g/mol. The van der Waals surface area contributed by atoms with E-state index < -0.39 is 0 Å². The van der Waals surface area contributed by atoms with Crippen LogP contribution in [0.1, 0.15) is 58.8 Å². The summed E-state index contributed by atoms with van der Waals surface area (Å²) < 4.78 is 8.59. The molecule has 4 aromatic rings. The summed E-state index contributed by atoms with van der Waals surface area (Å²) in [5, 5.41) is 2.35. The van der Waals surface area contributed by atoms with Crippen molar-refractivity contribution in [2.45, 2.75) is 59.3 Å². The first-order valence-corrected chi connectivity index (χ1v) is 11.4. The zero-order chi connectivity index (χ0) is 23.7. The van der Waals surface area contributed by atoms with Gasteiger partial charge in [0.15, 0.2) is 17.8 Å². The molecule has 0 aliphatic carbocycles. The van der Waals surface area contributed by atoms with E-state index >= 15 is 0 Å². The molecule has 0 amide bonds. The second kappa shape index (κ2) is 7.08. The smallest absolute Gasteiger partial charge is 0.256 e. The van der Waals surface area contributed by atoms with Crippen molar-refractivity contribution in [1.29, 1.82) is 0 Å². The van der Waals surface area contributed by atoms with E-state index in [0.29, 0.717) is 5.82 Å². The number of nitrogens with zero attached hydrogens (tertiary/aromatic N) is 4. The lowest BCUT2D eigenvalue weighted by Gasteiger charge is -2.23. The van der Waals surface area contributed by atoms with Crippen molar-refractivity contribution < 1.29 is 9.30 Å². The molecule has 1 aliphatic rings. The summed E-state index contributed by atoms with van der Waals surface area (Å²) in [5.74, 6) is 3.97. The number of rotatable bonds is 1. The fourth-order valence-corrected chi connectivity index (χ4v) is 4.33. The molecular weight excluding hydrogens is 408 g/mol. The molecule has 0 N–H and O–H groups in total. The van der Waals surface area contributed by atoms with Crippen molar-refractivity contribution in [2.24, 2.45) is 7.05 Å². The summed E-state index contributed by atoms with van der Waals surface area (Å²) in [6, 6.07) is 12.6. The summed E-state index contributed by atoms with van der Waals surface area (Å²) in [6.07, 6.45) is 2.10. The highest BCUT2D eigenvalue weighted by Crippen LogP contribution is 2.46. The Morgan fingerprint density at radius 1 is 0.818 bits per heavy atom. The zero-order valence-electron chi connectivity index (χ0n) is 20.7. The number of pyridine rings is 1. The highest BCUT2D eigenvalue weighted by molar-refractivity contribution is 6.04. The number of benzene rings is 2. The molecule has 33 heavy (non-hydrogen) atoms. The number of ether oxygens (including phenoxy) is 1. The lowest BCUT2D eigenvalue weighted by Crippen LogP contribution is -2.33. The molecule has 0 unspecified atom stereocenters. The predicted molar refractivity (Wildman–Crippen MR) is 132 cm³/mol. The van der Waals surface area contributed by atoms with Gasteiger partial charge in [-0.2, -0.15) is 4.57 Å². The molecule has 5 rings (SSSR count). The molecule has 0 atom stereocenters. The molecule has 168 valence electrons. The Labute approximate surface area is 195 Å². The topological polar surface area (TPSA) is 51.8 Å². The van der Waals surface area contributed by atoms with Crippen molar-refractivity contribution in [3.63, 3.8) is 0 Å². The summed E-state index contributed by atoms with van der Waals surface area (Å²) in [5.41, 5.74) is 4.07. The molecule has 2 aromatic heterocycles. The quantitative estimate of drug-likeness (QED) is 0.292. The van der Waals surface area contributed by atoms with E-state index in [1.165, 1.54) is 21.9 Å². The van der Waals surface area contributed by atoms with E-state index in [1.54, 1.807) is 0 Å². The van der Waals surface area contributed by atoms with E-state index in [1.807, 2.05) is 12.1 Å². The first kappa shape index (κ1) is 21.5. The molecule has 0 saturated heterocycles. The highest BCUT2D eigenvalue weighted by Gasteiger charge is 2.31. The van der Waals surface area contributed by atoms with Crippen LogP contribution in [0.25, 0.3) is 33.4 Å². The molecule has 0 radical (unpaired) electrons. The maximum Gasteiger partial charge on any atom is 0.256 e. The normalized spacial score (nSPS) is 13.1. The number of aromatic nitrogens is 4. The lowest BCUT2D eigenvalue weighted by molar-refractivity contribution is -0.660. The van der Waals surface area contributed by atoms with E-state index in [-0.39, 0.29) is 10.8 Å². The molecule has 3 heterocycles. The fraction of sp³-hybridized carbons (Fsp3) is 0.357. The van der Waals surface area contributed by atoms with Crippen LogP contribution in [0.3, 0.4) is 0 Å². The largest absolute Gasteiger partial charge is 0.450 e. The van der Waals surface area contributed by atoms with Gasteiger partial charge in [-0.3, -0.25) is 0 Å². The van der Waals surface area contributed by atoms with E-state index in [9.17, 15) is 0 Å². The van der Waals surface area contributed by atoms with Gasteiger partial charge in [0.2, 0.25) is 0 Å². The predicted octanol–water partition coefficient (Wildman–Crippen LogP) is 6.19. The van der Waals surface area contributed by atoms with Crippen molar-refractivity contribution in [2.75, 3.05) is 0 Å². The van der Waals surface area contributed by atoms with Crippen molar-refractivity contribution in [1.82, 2.24) is 15.0 Å². The molecule has 1 aliphatic heterocycles. The van der Waals surface area contributed by atoms with Crippen LogP contribution in [0.15, 0.2) is 42.6 Å². The van der Waals surface area contributed by atoms with E-state index in [0.717, 1.165) is 34.4 Å². The minimum Gasteiger partial charge on any atom is -0.450 e. The van der Waals surface area contributed by atoms with Gasteiger partial charge in [0.1, 0.15) is 24.4 Å². The third-order valence-electron chi connectivity index (χ3n) is 6.11. The number of fused-ring (bicyclic) bond motifs is 2. The molecular formula is C28H31N4O+. The average Bonchev–Trinajstić information content (AvgIpc) is 2.74. The molecule has 2 aromatic carbocycles. The molecule has 0 fully saturated rings. The van der Waals surface area contributed by atoms with Crippen molar-refractivity contribution in [3.8, 4) is 34.1 Å². The van der Waals surface area contributed by atoms with Crippen LogP contribution in [0.5, 0.6) is 11.5 Å². The van der Waals surface area contributed by atoms with E-state index in [4.69, 9.17) is 19.7 Å². The number of hydrogen-bond acceptors (Lipinski definition) is 4. The third kappa shape index (κ3) is 3.56. The van der Waals surface area contributed by atoms with Crippen LogP contribution < -0.4 is 9.30 Å². The van der Waals surface area contributed by atoms with Gasteiger partial charge in [0.05, 0.1) is 11.1 Å². The SMILES string of the molecule is Cc1ccc2cccc3c2c1-c1c(cc(-c2nc(C(C)(C)C)nc(C(C)(C)C)n2)c[n+]1C)O3. The minimum atomic E-state index is -0.184. The van der Waals surface area contributed by atoms with Gasteiger partial charge in [0, 0.05) is 22.3 Å². The maximum atomic E-state index is 6.45. The minimum absolute atomic E-state index is 0.184. The Kier molecular flexibility index (Phi) is 4.61. The first-order chi connectivity index (χ1) is 15.4. The van der Waals surface area contributed by atoms with Gasteiger partial charge in [-0.25, -0.2) is 15.0 Å². The Hall–Kier alpha value is -3.34. The third-order valence-corrected chi connectivity index (χ3v) is 6.11. The zero-order valence-corrected chi connectivity index (χ0v) is 20.7. The van der Waals surface area contributed by atoms with Crippen LogP contribution in [0.4, 0.5) is 0 Å². The van der Waals surface area contributed by atoms with Gasteiger partial charge in [-0.1, -0.05) is 65.8 Å². The molecule has 0 saturated carbocycles. The van der Waals surface area contributed by atoms with Crippen LogP contribution >= 0.6 is 0 Å². The second-order valence-electron chi connectivity index (χ2n) is 11.1. The summed E-state index contributed by atoms with van der Waals surface area (Å²) in [6.45, 7) is 15.0. The van der Waals surface area contributed by atoms with Gasteiger partial charge >= 0.3 is 0 Å². The first-order valence-electron chi connectivity index (χ1n) is 11.4. The van der Waals surface area contributed by atoms with Crippen molar-refractivity contribution in [3.05, 3.63) is 59.8 Å². The lowest BCUT2D eigenvalue weighted by atomic mass is 9.92. The Morgan fingerprint density at radius 2 is 1.48 bits per heavy atom. The molecule has 0 bridgehead atoms. The Bertz CT molecular complexity index is 1390.